The van der Waals surface area contributed by atoms with Gasteiger partial charge in [-0.15, -0.1) is 0 Å². The molecule has 26 heavy (non-hydrogen) atoms. The summed E-state index contributed by atoms with van der Waals surface area (Å²) in [5.74, 6) is -2.25. The molecule has 2 rings (SSSR count). The van der Waals surface area contributed by atoms with Crippen LogP contribution in [0.4, 0.5) is 28.9 Å². The van der Waals surface area contributed by atoms with E-state index in [9.17, 15) is 17.6 Å². The van der Waals surface area contributed by atoms with Gasteiger partial charge in [0.25, 0.3) is 0 Å². The first-order valence-corrected chi connectivity index (χ1v) is 7.92. The lowest BCUT2D eigenvalue weighted by molar-refractivity contribution is 0.413. The Bertz CT molecular complexity index is 873. The predicted molar refractivity (Wildman–Crippen MR) is 98.2 cm³/mol. The van der Waals surface area contributed by atoms with Crippen LogP contribution in [0.5, 0.6) is 0 Å². The summed E-state index contributed by atoms with van der Waals surface area (Å²) in [6.07, 6.45) is -1.49. The Morgan fingerprint density at radius 3 is 2.27 bits per heavy atom. The number of hydrogen-bond acceptors (Lipinski definition) is 2. The minimum Gasteiger partial charge on any atom is -0.353 e. The third-order valence-electron chi connectivity index (χ3n) is 3.96. The summed E-state index contributed by atoms with van der Waals surface area (Å²) in [4.78, 5) is 0. The average molecular weight is 364 g/mol. The molecule has 0 aliphatic carbocycles. The molecule has 0 aromatic heterocycles. The van der Waals surface area contributed by atoms with E-state index in [1.54, 1.807) is 19.9 Å². The van der Waals surface area contributed by atoms with Crippen LogP contribution in [0.3, 0.4) is 0 Å². The molecule has 0 aliphatic heterocycles. The van der Waals surface area contributed by atoms with Crippen molar-refractivity contribution < 1.29 is 17.6 Å². The zero-order valence-corrected chi connectivity index (χ0v) is 14.8. The first-order valence-electron chi connectivity index (χ1n) is 7.92. The number of benzene rings is 2. The number of nitrogens with one attached hydrogen (secondary N) is 2. The van der Waals surface area contributed by atoms with Gasteiger partial charge in [0.2, 0.25) is 0 Å². The van der Waals surface area contributed by atoms with Gasteiger partial charge in [0, 0.05) is 17.0 Å². The largest absolute Gasteiger partial charge is 0.353 e. The molecule has 6 heteroatoms. The number of hydrogen-bond donors (Lipinski definition) is 2. The first-order chi connectivity index (χ1) is 12.1. The van der Waals surface area contributed by atoms with Crippen molar-refractivity contribution in [1.82, 2.24) is 0 Å². The molecule has 2 N–H and O–H groups in total. The summed E-state index contributed by atoms with van der Waals surface area (Å²) in [5.41, 5.74) is 0.982. The van der Waals surface area contributed by atoms with Crippen LogP contribution in [0.2, 0.25) is 0 Å². The van der Waals surface area contributed by atoms with E-state index in [1.807, 2.05) is 0 Å². The Balaban J connectivity index is 2.36. The number of rotatable bonds is 6. The Morgan fingerprint density at radius 2 is 1.65 bits per heavy atom. The van der Waals surface area contributed by atoms with E-state index in [-0.39, 0.29) is 17.1 Å². The molecule has 0 heterocycles. The van der Waals surface area contributed by atoms with Gasteiger partial charge in [-0.1, -0.05) is 13.2 Å². The van der Waals surface area contributed by atoms with Gasteiger partial charge in [-0.25, -0.2) is 17.6 Å². The smallest absolute Gasteiger partial charge is 0.173 e. The molecule has 0 radical (unpaired) electrons. The van der Waals surface area contributed by atoms with Gasteiger partial charge in [-0.2, -0.15) is 0 Å². The standard InChI is InChI=1S/C20H20F4N2/c1-10-8-15(11(2)17(23)9-10)14(5)25-18-7-6-16(22)20(19(18)24)26-13(4)12(3)21/h6-9,12,25-26H,4-5H2,1-3H3. The summed E-state index contributed by atoms with van der Waals surface area (Å²) in [7, 11) is 0. The van der Waals surface area contributed by atoms with E-state index in [2.05, 4.69) is 23.8 Å². The second kappa shape index (κ2) is 7.64. The van der Waals surface area contributed by atoms with Crippen LogP contribution >= 0.6 is 0 Å². The van der Waals surface area contributed by atoms with Crippen LogP contribution in [0.25, 0.3) is 5.70 Å². The zero-order valence-electron chi connectivity index (χ0n) is 14.8. The van der Waals surface area contributed by atoms with Crippen LogP contribution in [-0.4, -0.2) is 6.17 Å². The topological polar surface area (TPSA) is 24.1 Å². The average Bonchev–Trinajstić information content (AvgIpc) is 2.56. The quantitative estimate of drug-likeness (QED) is 0.606. The zero-order chi connectivity index (χ0) is 19.6. The van der Waals surface area contributed by atoms with Crippen molar-refractivity contribution in [3.8, 4) is 0 Å². The Morgan fingerprint density at radius 1 is 1.00 bits per heavy atom. The molecule has 138 valence electrons. The second-order valence-corrected chi connectivity index (χ2v) is 6.07. The lowest BCUT2D eigenvalue weighted by Gasteiger charge is -2.17. The first kappa shape index (κ1) is 19.6. The van der Waals surface area contributed by atoms with E-state index in [0.717, 1.165) is 6.07 Å². The SMILES string of the molecule is C=C(Nc1ccc(F)c(NC(=C)C(C)F)c1F)c1cc(C)cc(F)c1C. The van der Waals surface area contributed by atoms with Crippen molar-refractivity contribution in [2.45, 2.75) is 26.9 Å². The number of alkyl halides is 1. The van der Waals surface area contributed by atoms with Crippen LogP contribution in [0, 0.1) is 31.3 Å². The maximum Gasteiger partial charge on any atom is 0.173 e. The Hall–Kier alpha value is -2.76. The summed E-state index contributed by atoms with van der Waals surface area (Å²) < 4.78 is 55.7. The van der Waals surface area contributed by atoms with Crippen molar-refractivity contribution in [2.24, 2.45) is 0 Å². The molecular formula is C20H20F4N2. The summed E-state index contributed by atoms with van der Waals surface area (Å²) in [5, 5.41) is 5.04. The number of allylic oxidation sites excluding steroid dienone is 1. The fourth-order valence-corrected chi connectivity index (χ4v) is 2.38. The molecule has 1 unspecified atom stereocenters. The third-order valence-corrected chi connectivity index (χ3v) is 3.96. The Kier molecular flexibility index (Phi) is 5.75. The molecule has 0 amide bonds. The monoisotopic (exact) mass is 364 g/mol. The Labute approximate surface area is 150 Å². The van der Waals surface area contributed by atoms with Gasteiger partial charge in [0.05, 0.1) is 5.69 Å². The van der Waals surface area contributed by atoms with E-state index < -0.39 is 29.3 Å². The summed E-state index contributed by atoms with van der Waals surface area (Å²) in [6, 6.07) is 5.31. The maximum atomic E-state index is 14.6. The third kappa shape index (κ3) is 4.07. The highest BCUT2D eigenvalue weighted by molar-refractivity contribution is 5.79. The minimum atomic E-state index is -1.49. The summed E-state index contributed by atoms with van der Waals surface area (Å²) in [6.45, 7) is 11.7. The molecule has 0 aliphatic rings. The van der Waals surface area contributed by atoms with Crippen molar-refractivity contribution in [2.75, 3.05) is 10.6 Å². The van der Waals surface area contributed by atoms with Gasteiger partial charge in [-0.05, 0) is 56.2 Å². The van der Waals surface area contributed by atoms with E-state index in [4.69, 9.17) is 0 Å². The fraction of sp³-hybridized carbons (Fsp3) is 0.200. The van der Waals surface area contributed by atoms with Crippen LogP contribution in [0.1, 0.15) is 23.6 Å². The second-order valence-electron chi connectivity index (χ2n) is 6.07. The van der Waals surface area contributed by atoms with E-state index in [0.29, 0.717) is 16.7 Å². The molecule has 0 bridgehead atoms. The highest BCUT2D eigenvalue weighted by Crippen LogP contribution is 2.30. The molecule has 0 spiro atoms. The van der Waals surface area contributed by atoms with Gasteiger partial charge < -0.3 is 10.6 Å². The van der Waals surface area contributed by atoms with Crippen molar-refractivity contribution >= 4 is 17.1 Å². The molecule has 0 saturated heterocycles. The van der Waals surface area contributed by atoms with Gasteiger partial charge in [0.15, 0.2) is 5.82 Å². The normalized spacial score (nSPS) is 11.8. The van der Waals surface area contributed by atoms with E-state index in [1.165, 1.54) is 19.1 Å². The molecule has 2 aromatic carbocycles. The van der Waals surface area contributed by atoms with Gasteiger partial charge >= 0.3 is 0 Å². The van der Waals surface area contributed by atoms with E-state index >= 15 is 0 Å². The minimum absolute atomic E-state index is 0.0838. The lowest BCUT2D eigenvalue weighted by atomic mass is 10.0. The van der Waals surface area contributed by atoms with Gasteiger partial charge in [-0.3, -0.25) is 0 Å². The number of aryl methyl sites for hydroxylation is 1. The molecule has 0 saturated carbocycles. The van der Waals surface area contributed by atoms with Gasteiger partial charge in [0.1, 0.15) is 23.5 Å². The number of anilines is 2. The van der Waals surface area contributed by atoms with Crippen molar-refractivity contribution in [3.05, 3.63) is 77.3 Å². The highest BCUT2D eigenvalue weighted by Gasteiger charge is 2.17. The van der Waals surface area contributed by atoms with Crippen molar-refractivity contribution in [1.29, 1.82) is 0 Å². The highest BCUT2D eigenvalue weighted by atomic mass is 19.1. The molecule has 2 aromatic rings. The van der Waals surface area contributed by atoms with Crippen LogP contribution in [0.15, 0.2) is 43.1 Å². The number of halogens is 4. The fourth-order valence-electron chi connectivity index (χ4n) is 2.38. The van der Waals surface area contributed by atoms with Crippen LogP contribution in [-0.2, 0) is 0 Å². The predicted octanol–water partition coefficient (Wildman–Crippen LogP) is 6.09. The lowest BCUT2D eigenvalue weighted by Crippen LogP contribution is -2.12. The molecular weight excluding hydrogens is 344 g/mol. The summed E-state index contributed by atoms with van der Waals surface area (Å²) >= 11 is 0. The maximum absolute atomic E-state index is 14.6. The molecule has 2 nitrogen and oxygen atoms in total. The van der Waals surface area contributed by atoms with Crippen molar-refractivity contribution in [3.63, 3.8) is 0 Å². The van der Waals surface area contributed by atoms with Crippen LogP contribution < -0.4 is 10.6 Å². The molecule has 1 atom stereocenters. The molecule has 0 fully saturated rings.